The van der Waals surface area contributed by atoms with Crippen molar-refractivity contribution in [1.29, 1.82) is 0 Å². The van der Waals surface area contributed by atoms with Gasteiger partial charge in [0.05, 0.1) is 0 Å². The summed E-state index contributed by atoms with van der Waals surface area (Å²) in [6.45, 7) is 8.94. The molecule has 2 aromatic carbocycles. The van der Waals surface area contributed by atoms with Crippen molar-refractivity contribution < 1.29 is 9.90 Å². The number of carbonyl (C=O) groups excluding carboxylic acids is 1. The number of fused-ring (bicyclic) bond motifs is 1. The fourth-order valence-corrected chi connectivity index (χ4v) is 4.23. The molecule has 1 aliphatic rings. The zero-order valence-electron chi connectivity index (χ0n) is 18.3. The maximum absolute atomic E-state index is 11.2. The summed E-state index contributed by atoms with van der Waals surface area (Å²) in [7, 11) is 0. The number of phenolic OH excluding ortho intramolecular Hbond substituents is 1. The number of nitrogens with zero attached hydrogens (tertiary/aromatic N) is 1. The number of rotatable bonds is 8. The van der Waals surface area contributed by atoms with Gasteiger partial charge in [0.25, 0.3) is 0 Å². The van der Waals surface area contributed by atoms with Crippen LogP contribution in [0, 0.1) is 5.92 Å². The summed E-state index contributed by atoms with van der Waals surface area (Å²) in [6, 6.07) is 16.6. The van der Waals surface area contributed by atoms with Gasteiger partial charge in [0.2, 0.25) is 5.91 Å². The molecule has 4 nitrogen and oxygen atoms in total. The average Bonchev–Trinajstić information content (AvgIpc) is 3.00. The van der Waals surface area contributed by atoms with Gasteiger partial charge in [-0.25, -0.2) is 0 Å². The minimum absolute atomic E-state index is 0.0623. The third-order valence-corrected chi connectivity index (χ3v) is 5.87. The van der Waals surface area contributed by atoms with E-state index in [2.05, 4.69) is 42.2 Å². The molecule has 0 aromatic heterocycles. The highest BCUT2D eigenvalue weighted by Gasteiger charge is 2.37. The van der Waals surface area contributed by atoms with Crippen LogP contribution in [0.4, 0.5) is 5.69 Å². The topological polar surface area (TPSA) is 66.6 Å². The van der Waals surface area contributed by atoms with E-state index in [1.807, 2.05) is 32.9 Å². The first kappa shape index (κ1) is 22.8. The Kier molecular flexibility index (Phi) is 8.56. The molecule has 4 heteroatoms. The molecule has 3 atom stereocenters. The Morgan fingerprint density at radius 2 is 1.79 bits per heavy atom. The van der Waals surface area contributed by atoms with Crippen LogP contribution in [-0.2, 0) is 11.3 Å². The number of phenols is 1. The largest absolute Gasteiger partial charge is 0.508 e. The quantitative estimate of drug-likeness (QED) is 0.571. The van der Waals surface area contributed by atoms with Crippen LogP contribution >= 0.6 is 0 Å². The van der Waals surface area contributed by atoms with Gasteiger partial charge >= 0.3 is 0 Å². The molecular weight excluding hydrogens is 360 g/mol. The molecule has 3 N–H and O–H groups in total. The van der Waals surface area contributed by atoms with Crippen molar-refractivity contribution >= 4 is 11.6 Å². The highest BCUT2D eigenvalue weighted by Crippen LogP contribution is 2.47. The molecule has 0 radical (unpaired) electrons. The minimum atomic E-state index is -0.215. The number of unbranched alkanes of at least 4 members (excludes halogenated alkanes) is 1. The third kappa shape index (κ3) is 5.53. The minimum Gasteiger partial charge on any atom is -0.508 e. The second-order valence-electron chi connectivity index (χ2n) is 7.77. The molecule has 0 fully saturated rings. The standard InChI is InChI=1S/C23H30N2O2.C2H6/c1-16(23(24)27)9-6-7-12-19-17(2)22-20(13-8-14-21(22)26)25(19)15-18-10-4-3-5-11-18;1-2/h3-5,8,10-11,13-14,16-17,19,26H,6-7,9,12,15H2,1-2H3,(H2,24,27);1-2H3. The monoisotopic (exact) mass is 396 g/mol. The number of primary amides is 1. The fraction of sp³-hybridized carbons (Fsp3) is 0.480. The summed E-state index contributed by atoms with van der Waals surface area (Å²) >= 11 is 0. The lowest BCUT2D eigenvalue weighted by Gasteiger charge is -2.30. The smallest absolute Gasteiger partial charge is 0.220 e. The van der Waals surface area contributed by atoms with E-state index in [-0.39, 0.29) is 17.7 Å². The molecule has 29 heavy (non-hydrogen) atoms. The second-order valence-corrected chi connectivity index (χ2v) is 7.77. The Morgan fingerprint density at radius 1 is 1.10 bits per heavy atom. The van der Waals surface area contributed by atoms with Gasteiger partial charge in [0, 0.05) is 35.7 Å². The third-order valence-electron chi connectivity index (χ3n) is 5.87. The first-order valence-corrected chi connectivity index (χ1v) is 10.9. The van der Waals surface area contributed by atoms with Gasteiger partial charge in [-0.05, 0) is 30.5 Å². The second kappa shape index (κ2) is 10.9. The van der Waals surface area contributed by atoms with Crippen molar-refractivity contribution in [2.45, 2.75) is 71.9 Å². The molecule has 2 aromatic rings. The van der Waals surface area contributed by atoms with Crippen molar-refractivity contribution in [3.05, 3.63) is 59.7 Å². The van der Waals surface area contributed by atoms with Crippen LogP contribution in [0.2, 0.25) is 0 Å². The van der Waals surface area contributed by atoms with E-state index in [9.17, 15) is 9.90 Å². The van der Waals surface area contributed by atoms with Gasteiger partial charge in [0.15, 0.2) is 0 Å². The van der Waals surface area contributed by atoms with E-state index >= 15 is 0 Å². The van der Waals surface area contributed by atoms with Crippen molar-refractivity contribution in [3.8, 4) is 5.75 Å². The molecule has 1 heterocycles. The van der Waals surface area contributed by atoms with Crippen molar-refractivity contribution in [2.24, 2.45) is 11.7 Å². The maximum atomic E-state index is 11.2. The number of benzene rings is 2. The van der Waals surface area contributed by atoms with Crippen LogP contribution in [0.5, 0.6) is 5.75 Å². The van der Waals surface area contributed by atoms with E-state index in [1.54, 1.807) is 6.07 Å². The van der Waals surface area contributed by atoms with Crippen molar-refractivity contribution in [1.82, 2.24) is 0 Å². The van der Waals surface area contributed by atoms with E-state index in [0.29, 0.717) is 11.8 Å². The van der Waals surface area contributed by atoms with Gasteiger partial charge in [-0.2, -0.15) is 0 Å². The average molecular weight is 397 g/mol. The Morgan fingerprint density at radius 3 is 2.45 bits per heavy atom. The molecule has 1 amide bonds. The predicted octanol–water partition coefficient (Wildman–Crippen LogP) is 5.59. The van der Waals surface area contributed by atoms with Crippen molar-refractivity contribution in [2.75, 3.05) is 4.90 Å². The summed E-state index contributed by atoms with van der Waals surface area (Å²) in [5, 5.41) is 10.4. The molecule has 0 aliphatic carbocycles. The summed E-state index contributed by atoms with van der Waals surface area (Å²) in [4.78, 5) is 13.7. The van der Waals surface area contributed by atoms with Gasteiger partial charge in [-0.15, -0.1) is 0 Å². The lowest BCUT2D eigenvalue weighted by atomic mass is 9.92. The number of hydrogen-bond acceptors (Lipinski definition) is 3. The molecule has 0 saturated heterocycles. The lowest BCUT2D eigenvalue weighted by molar-refractivity contribution is -0.121. The van der Waals surface area contributed by atoms with Gasteiger partial charge in [0.1, 0.15) is 5.75 Å². The van der Waals surface area contributed by atoms with E-state index in [1.165, 1.54) is 5.56 Å². The summed E-state index contributed by atoms with van der Waals surface area (Å²) in [5.41, 5.74) is 8.84. The van der Waals surface area contributed by atoms with Crippen LogP contribution in [0.3, 0.4) is 0 Å². The zero-order chi connectivity index (χ0) is 21.4. The van der Waals surface area contributed by atoms with Crippen LogP contribution in [0.15, 0.2) is 48.5 Å². The number of nitrogens with two attached hydrogens (primary N) is 1. The first-order valence-electron chi connectivity index (χ1n) is 10.9. The Balaban J connectivity index is 0.00000145. The zero-order valence-corrected chi connectivity index (χ0v) is 18.3. The molecule has 0 spiro atoms. The predicted molar refractivity (Wildman–Crippen MR) is 121 cm³/mol. The maximum Gasteiger partial charge on any atom is 0.220 e. The molecule has 0 bridgehead atoms. The molecule has 158 valence electrons. The molecule has 1 aliphatic heterocycles. The van der Waals surface area contributed by atoms with Gasteiger partial charge in [-0.3, -0.25) is 4.79 Å². The summed E-state index contributed by atoms with van der Waals surface area (Å²) < 4.78 is 0. The number of aromatic hydroxyl groups is 1. The normalized spacial score (nSPS) is 18.6. The number of hydrogen-bond donors (Lipinski definition) is 2. The Bertz CT molecular complexity index is 776. The van der Waals surface area contributed by atoms with Crippen LogP contribution in [0.1, 0.15) is 70.4 Å². The first-order chi connectivity index (χ1) is 14.0. The number of amides is 1. The SMILES string of the molecule is CC.CC(CCCCC1C(C)c2c(O)cccc2N1Cc1ccccc1)C(N)=O. The van der Waals surface area contributed by atoms with Crippen LogP contribution < -0.4 is 10.6 Å². The van der Waals surface area contributed by atoms with E-state index in [4.69, 9.17) is 5.73 Å². The molecule has 3 rings (SSSR count). The fourth-order valence-electron chi connectivity index (χ4n) is 4.23. The highest BCUT2D eigenvalue weighted by atomic mass is 16.3. The van der Waals surface area contributed by atoms with E-state index in [0.717, 1.165) is 43.5 Å². The molecular formula is C25H36N2O2. The van der Waals surface area contributed by atoms with Gasteiger partial charge in [-0.1, -0.05) is 76.9 Å². The van der Waals surface area contributed by atoms with Crippen LogP contribution in [0.25, 0.3) is 0 Å². The summed E-state index contributed by atoms with van der Waals surface area (Å²) in [6.07, 6.45) is 3.92. The number of anilines is 1. The Hall–Kier alpha value is -2.49. The molecule has 3 unspecified atom stereocenters. The van der Waals surface area contributed by atoms with Gasteiger partial charge < -0.3 is 15.7 Å². The summed E-state index contributed by atoms with van der Waals surface area (Å²) in [5.74, 6) is 0.390. The highest BCUT2D eigenvalue weighted by molar-refractivity contribution is 5.76. The number of carbonyl (C=O) groups is 1. The molecule has 0 saturated carbocycles. The van der Waals surface area contributed by atoms with E-state index < -0.39 is 0 Å². The van der Waals surface area contributed by atoms with Crippen LogP contribution in [-0.4, -0.2) is 17.1 Å². The van der Waals surface area contributed by atoms with Crippen molar-refractivity contribution in [3.63, 3.8) is 0 Å². The Labute approximate surface area is 175 Å². The lowest BCUT2D eigenvalue weighted by Crippen LogP contribution is -2.33.